The van der Waals surface area contributed by atoms with Crippen LogP contribution in [0.1, 0.15) is 18.5 Å². The number of nitrogens with zero attached hydrogens (tertiary/aromatic N) is 5. The highest BCUT2D eigenvalue weighted by atomic mass is 19.1. The zero-order valence-electron chi connectivity index (χ0n) is 13.2. The molecule has 4 rings (SSSR count). The van der Waals surface area contributed by atoms with Gasteiger partial charge in [0.1, 0.15) is 0 Å². The maximum atomic E-state index is 13.0. The van der Waals surface area contributed by atoms with Gasteiger partial charge in [0.15, 0.2) is 5.82 Å². The van der Waals surface area contributed by atoms with Crippen molar-refractivity contribution in [2.24, 2.45) is 5.41 Å². The van der Waals surface area contributed by atoms with Crippen LogP contribution in [0, 0.1) is 11.2 Å². The van der Waals surface area contributed by atoms with Gasteiger partial charge in [0.05, 0.1) is 30.0 Å². The predicted octanol–water partition coefficient (Wildman–Crippen LogP) is 1.64. The van der Waals surface area contributed by atoms with E-state index in [9.17, 15) is 9.18 Å². The predicted molar refractivity (Wildman–Crippen MR) is 85.5 cm³/mol. The number of carbonyl (C=O) groups excluding carboxylic acids is 1. The molecule has 1 atom stereocenters. The average Bonchev–Trinajstić information content (AvgIpc) is 3.17. The van der Waals surface area contributed by atoms with Crippen LogP contribution in [0.5, 0.6) is 0 Å². The summed E-state index contributed by atoms with van der Waals surface area (Å²) in [6, 6.07) is 5.74. The van der Waals surface area contributed by atoms with Crippen LogP contribution in [0.15, 0.2) is 36.8 Å². The summed E-state index contributed by atoms with van der Waals surface area (Å²) >= 11 is 0. The number of rotatable bonds is 3. The highest BCUT2D eigenvalue weighted by molar-refractivity contribution is 5.86. The summed E-state index contributed by atoms with van der Waals surface area (Å²) in [6.07, 6.45) is 5.69. The molecule has 0 bridgehead atoms. The highest BCUT2D eigenvalue weighted by Crippen LogP contribution is 2.41. The summed E-state index contributed by atoms with van der Waals surface area (Å²) in [5, 5.41) is 0. The monoisotopic (exact) mass is 327 g/mol. The summed E-state index contributed by atoms with van der Waals surface area (Å²) in [7, 11) is 0. The van der Waals surface area contributed by atoms with Gasteiger partial charge < -0.3 is 9.80 Å². The van der Waals surface area contributed by atoms with E-state index in [1.807, 2.05) is 28.0 Å². The first-order valence-electron chi connectivity index (χ1n) is 8.08. The van der Waals surface area contributed by atoms with E-state index >= 15 is 0 Å². The van der Waals surface area contributed by atoms with E-state index in [-0.39, 0.29) is 11.3 Å². The minimum Gasteiger partial charge on any atom is -0.340 e. The molecule has 2 aliphatic rings. The molecule has 1 spiro atoms. The van der Waals surface area contributed by atoms with Crippen molar-refractivity contribution in [2.45, 2.75) is 19.4 Å². The fourth-order valence-corrected chi connectivity index (χ4v) is 3.62. The molecule has 1 amide bonds. The van der Waals surface area contributed by atoms with Crippen LogP contribution in [0.3, 0.4) is 0 Å². The summed E-state index contributed by atoms with van der Waals surface area (Å²) in [5.41, 5.74) is 0.534. The van der Waals surface area contributed by atoms with Crippen LogP contribution < -0.4 is 4.90 Å². The second-order valence-electron chi connectivity index (χ2n) is 6.45. The van der Waals surface area contributed by atoms with Crippen molar-refractivity contribution < 1.29 is 9.18 Å². The van der Waals surface area contributed by atoms with E-state index < -0.39 is 5.82 Å². The van der Waals surface area contributed by atoms with Gasteiger partial charge in [-0.25, -0.2) is 14.4 Å². The number of pyridine rings is 1. The lowest BCUT2D eigenvalue weighted by Crippen LogP contribution is -2.37. The van der Waals surface area contributed by atoms with Crippen molar-refractivity contribution in [2.75, 3.05) is 24.5 Å². The first kappa shape index (κ1) is 15.0. The quantitative estimate of drug-likeness (QED) is 0.858. The Kier molecular flexibility index (Phi) is 3.63. The first-order chi connectivity index (χ1) is 11.7. The third-order valence-corrected chi connectivity index (χ3v) is 4.92. The molecule has 7 heteroatoms. The topological polar surface area (TPSA) is 62.2 Å². The number of amides is 1. The zero-order valence-corrected chi connectivity index (χ0v) is 13.2. The number of hydrogen-bond acceptors (Lipinski definition) is 5. The third-order valence-electron chi connectivity index (χ3n) is 4.92. The van der Waals surface area contributed by atoms with Gasteiger partial charge >= 0.3 is 0 Å². The van der Waals surface area contributed by atoms with Crippen molar-refractivity contribution in [1.29, 1.82) is 0 Å². The van der Waals surface area contributed by atoms with Crippen LogP contribution in [0.25, 0.3) is 0 Å². The minimum absolute atomic E-state index is 0.178. The van der Waals surface area contributed by atoms with Gasteiger partial charge in [-0.1, -0.05) is 6.07 Å². The third kappa shape index (κ3) is 2.60. The number of aromatic nitrogens is 3. The number of halogens is 1. The molecule has 2 aromatic rings. The maximum absolute atomic E-state index is 13.0. The Morgan fingerprint density at radius 3 is 2.67 bits per heavy atom. The van der Waals surface area contributed by atoms with E-state index in [0.29, 0.717) is 19.0 Å². The summed E-state index contributed by atoms with van der Waals surface area (Å²) in [5.74, 6) is 0.216. The molecule has 0 saturated carbocycles. The van der Waals surface area contributed by atoms with Gasteiger partial charge in [0, 0.05) is 25.8 Å². The Hall–Kier alpha value is -2.57. The molecule has 24 heavy (non-hydrogen) atoms. The largest absolute Gasteiger partial charge is 0.340 e. The average molecular weight is 327 g/mol. The van der Waals surface area contributed by atoms with Crippen LogP contribution in [-0.2, 0) is 11.3 Å². The molecular weight excluding hydrogens is 309 g/mol. The molecule has 0 radical (unpaired) electrons. The van der Waals surface area contributed by atoms with Gasteiger partial charge in [-0.2, -0.15) is 0 Å². The molecule has 2 fully saturated rings. The molecule has 0 aliphatic carbocycles. The van der Waals surface area contributed by atoms with E-state index in [0.717, 1.165) is 44.0 Å². The fraction of sp³-hybridized carbons (Fsp3) is 0.412. The smallest absolute Gasteiger partial charge is 0.231 e. The fourth-order valence-electron chi connectivity index (χ4n) is 3.62. The van der Waals surface area contributed by atoms with E-state index in [4.69, 9.17) is 0 Å². The number of likely N-dealkylation sites (tertiary alicyclic amines) is 1. The highest BCUT2D eigenvalue weighted by Gasteiger charge is 2.51. The Balaban J connectivity index is 1.47. The van der Waals surface area contributed by atoms with Crippen LogP contribution in [0.4, 0.5) is 10.3 Å². The summed E-state index contributed by atoms with van der Waals surface area (Å²) < 4.78 is 13.0. The second-order valence-corrected chi connectivity index (χ2v) is 6.45. The lowest BCUT2D eigenvalue weighted by atomic mass is 9.85. The van der Waals surface area contributed by atoms with Crippen molar-refractivity contribution in [3.8, 4) is 0 Å². The summed E-state index contributed by atoms with van der Waals surface area (Å²) in [6.45, 7) is 2.60. The van der Waals surface area contributed by atoms with Crippen LogP contribution in [0.2, 0.25) is 0 Å². The molecule has 2 saturated heterocycles. The SMILES string of the molecule is O=C1N(Cc2ccccn2)CC[C@@]12CCN(c1ncc(F)cn1)C2. The number of carbonyl (C=O) groups is 1. The van der Waals surface area contributed by atoms with Gasteiger partial charge in [0.25, 0.3) is 0 Å². The Morgan fingerprint density at radius 1 is 1.12 bits per heavy atom. The molecule has 2 aliphatic heterocycles. The molecule has 0 aromatic carbocycles. The second kappa shape index (κ2) is 5.81. The van der Waals surface area contributed by atoms with E-state index in [2.05, 4.69) is 15.0 Å². The van der Waals surface area contributed by atoms with Gasteiger partial charge in [0.2, 0.25) is 11.9 Å². The maximum Gasteiger partial charge on any atom is 0.231 e. The molecule has 0 N–H and O–H groups in total. The Morgan fingerprint density at radius 2 is 1.92 bits per heavy atom. The molecule has 124 valence electrons. The lowest BCUT2D eigenvalue weighted by Gasteiger charge is -2.23. The molecule has 2 aromatic heterocycles. The number of hydrogen-bond donors (Lipinski definition) is 0. The molecule has 0 unspecified atom stereocenters. The Labute approximate surface area is 139 Å². The van der Waals surface area contributed by atoms with Crippen molar-refractivity contribution in [3.05, 3.63) is 48.3 Å². The minimum atomic E-state index is -0.453. The summed E-state index contributed by atoms with van der Waals surface area (Å²) in [4.78, 5) is 29.2. The van der Waals surface area contributed by atoms with Crippen molar-refractivity contribution >= 4 is 11.9 Å². The van der Waals surface area contributed by atoms with Crippen LogP contribution >= 0.6 is 0 Å². The standard InChI is InChI=1S/C17H18FN5O/c18-13-9-20-16(21-10-13)23-8-5-17(12-23)4-7-22(15(17)24)11-14-3-1-2-6-19-14/h1-3,6,9-10H,4-5,7-8,11-12H2/t17-/m0/s1. The molecular formula is C17H18FN5O. The van der Waals surface area contributed by atoms with Crippen molar-refractivity contribution in [3.63, 3.8) is 0 Å². The van der Waals surface area contributed by atoms with Crippen LogP contribution in [-0.4, -0.2) is 45.4 Å². The first-order valence-corrected chi connectivity index (χ1v) is 8.08. The van der Waals surface area contributed by atoms with Gasteiger partial charge in [-0.15, -0.1) is 0 Å². The molecule has 6 nitrogen and oxygen atoms in total. The van der Waals surface area contributed by atoms with Crippen molar-refractivity contribution in [1.82, 2.24) is 19.9 Å². The van der Waals surface area contributed by atoms with Gasteiger partial charge in [-0.3, -0.25) is 9.78 Å². The Bertz CT molecular complexity index is 738. The van der Waals surface area contributed by atoms with E-state index in [1.165, 1.54) is 0 Å². The zero-order chi connectivity index (χ0) is 16.6. The van der Waals surface area contributed by atoms with Gasteiger partial charge in [-0.05, 0) is 25.0 Å². The van der Waals surface area contributed by atoms with E-state index in [1.54, 1.807) is 6.20 Å². The lowest BCUT2D eigenvalue weighted by molar-refractivity contribution is -0.135. The number of anilines is 1. The normalized spacial score (nSPS) is 23.5. The molecule has 4 heterocycles.